The van der Waals surface area contributed by atoms with Gasteiger partial charge in [-0.05, 0) is 115 Å². The Bertz CT molecular complexity index is 735. The van der Waals surface area contributed by atoms with E-state index in [1.54, 1.807) is 0 Å². The summed E-state index contributed by atoms with van der Waals surface area (Å²) >= 11 is 0. The van der Waals surface area contributed by atoms with Crippen LogP contribution in [-0.4, -0.2) is 0 Å². The first kappa shape index (κ1) is 23.4. The molecule has 0 aromatic carbocycles. The number of rotatable bonds is 7. The smallest absolute Gasteiger partial charge is 0.00418 e. The molecule has 4 aliphatic carbocycles. The predicted molar refractivity (Wildman–Crippen MR) is 136 cm³/mol. The molecule has 174 valence electrons. The Morgan fingerprint density at radius 3 is 2.61 bits per heavy atom. The third-order valence-electron chi connectivity index (χ3n) is 10.9. The van der Waals surface area contributed by atoms with E-state index in [4.69, 9.17) is 0 Å². The average Bonchev–Trinajstić information content (AvgIpc) is 3.06. The Labute approximate surface area is 194 Å². The normalized spacial score (nSPS) is 41.8. The van der Waals surface area contributed by atoms with Gasteiger partial charge in [-0.15, -0.1) is 0 Å². The van der Waals surface area contributed by atoms with Gasteiger partial charge in [0.15, 0.2) is 0 Å². The van der Waals surface area contributed by atoms with Crippen molar-refractivity contribution >= 4 is 0 Å². The molecule has 0 N–H and O–H groups in total. The van der Waals surface area contributed by atoms with Gasteiger partial charge < -0.3 is 0 Å². The van der Waals surface area contributed by atoms with Crippen LogP contribution >= 0.6 is 0 Å². The molecule has 0 nitrogen and oxygen atoms in total. The molecule has 2 saturated carbocycles. The van der Waals surface area contributed by atoms with Crippen LogP contribution < -0.4 is 0 Å². The summed E-state index contributed by atoms with van der Waals surface area (Å²) in [5.74, 6) is 5.09. The number of fused-ring (bicyclic) bond motifs is 5. The van der Waals surface area contributed by atoms with E-state index in [2.05, 4.69) is 60.3 Å². The lowest BCUT2D eigenvalue weighted by Crippen LogP contribution is -2.46. The fourth-order valence-corrected chi connectivity index (χ4v) is 8.60. The van der Waals surface area contributed by atoms with Crippen molar-refractivity contribution in [3.8, 4) is 0 Å². The van der Waals surface area contributed by atoms with Gasteiger partial charge in [0, 0.05) is 0 Å². The summed E-state index contributed by atoms with van der Waals surface area (Å²) in [5.41, 5.74) is 6.02. The maximum atomic E-state index is 4.32. The van der Waals surface area contributed by atoms with Gasteiger partial charge in [-0.1, -0.05) is 78.7 Å². The molecule has 0 spiro atoms. The molecule has 0 amide bonds. The largest absolute Gasteiger partial charge is 0.0996 e. The summed E-state index contributed by atoms with van der Waals surface area (Å²) in [6, 6.07) is 0. The highest BCUT2D eigenvalue weighted by Gasteiger charge is 2.55. The van der Waals surface area contributed by atoms with Crippen LogP contribution in [0.2, 0.25) is 0 Å². The molecule has 0 radical (unpaired) electrons. The molecule has 0 heteroatoms. The van der Waals surface area contributed by atoms with Gasteiger partial charge in [0.05, 0.1) is 0 Å². The Kier molecular flexibility index (Phi) is 6.69. The van der Waals surface area contributed by atoms with Crippen molar-refractivity contribution in [2.24, 2.45) is 46.3 Å². The second kappa shape index (κ2) is 8.87. The van der Waals surface area contributed by atoms with Gasteiger partial charge in [-0.25, -0.2) is 0 Å². The molecular weight excluding hydrogens is 372 g/mol. The van der Waals surface area contributed by atoms with Crippen molar-refractivity contribution in [2.45, 2.75) is 112 Å². The van der Waals surface area contributed by atoms with E-state index in [0.29, 0.717) is 16.7 Å². The third-order valence-corrected chi connectivity index (χ3v) is 10.9. The highest BCUT2D eigenvalue weighted by molar-refractivity contribution is 5.46. The molecule has 0 aliphatic heterocycles. The van der Waals surface area contributed by atoms with E-state index < -0.39 is 0 Å². The standard InChI is InChI=1S/C31H50/c1-8-10-24-17-19-31(7)27(23(24)5)16-14-26-28-15-13-25(12-9-11-22(4)21(2)3)30(28,6)20-18-29(26)31/h14,18,21,23-25,27-28H,4,8-13,15-17,19-20H2,1-3,5-7H3. The fourth-order valence-electron chi connectivity index (χ4n) is 8.60. The predicted octanol–water partition coefficient (Wildman–Crippen LogP) is 9.53. The summed E-state index contributed by atoms with van der Waals surface area (Å²) in [4.78, 5) is 0. The summed E-state index contributed by atoms with van der Waals surface area (Å²) in [6.07, 6.45) is 20.7. The van der Waals surface area contributed by atoms with Gasteiger partial charge in [-0.2, -0.15) is 0 Å². The first-order valence-corrected chi connectivity index (χ1v) is 13.8. The molecule has 0 aromatic heterocycles. The van der Waals surface area contributed by atoms with Crippen molar-refractivity contribution in [1.29, 1.82) is 0 Å². The van der Waals surface area contributed by atoms with Gasteiger partial charge in [0.1, 0.15) is 0 Å². The minimum absolute atomic E-state index is 0.447. The highest BCUT2D eigenvalue weighted by atomic mass is 14.6. The quantitative estimate of drug-likeness (QED) is 0.358. The van der Waals surface area contributed by atoms with Crippen LogP contribution in [0.4, 0.5) is 0 Å². The average molecular weight is 423 g/mol. The molecule has 0 saturated heterocycles. The van der Waals surface area contributed by atoms with E-state index in [-0.39, 0.29) is 0 Å². The van der Waals surface area contributed by atoms with Gasteiger partial charge >= 0.3 is 0 Å². The van der Waals surface area contributed by atoms with Crippen LogP contribution in [0.15, 0.2) is 35.5 Å². The summed E-state index contributed by atoms with van der Waals surface area (Å²) in [5, 5.41) is 0. The van der Waals surface area contributed by atoms with Crippen molar-refractivity contribution < 1.29 is 0 Å². The van der Waals surface area contributed by atoms with Gasteiger partial charge in [0.2, 0.25) is 0 Å². The maximum absolute atomic E-state index is 4.32. The summed E-state index contributed by atoms with van der Waals surface area (Å²) < 4.78 is 0. The molecule has 7 atom stereocenters. The Morgan fingerprint density at radius 1 is 1.13 bits per heavy atom. The lowest BCUT2D eigenvalue weighted by atomic mass is 9.49. The highest BCUT2D eigenvalue weighted by Crippen LogP contribution is 2.65. The molecule has 31 heavy (non-hydrogen) atoms. The SMILES string of the molecule is C=C(CCCC1CCC2C3=CCC4C(C)C(CCC)CCC4(C)C3=CCC12C)C(C)C. The zero-order chi connectivity index (χ0) is 22.4. The minimum Gasteiger partial charge on any atom is -0.0996 e. The van der Waals surface area contributed by atoms with Crippen molar-refractivity contribution in [3.05, 3.63) is 35.5 Å². The van der Waals surface area contributed by atoms with E-state index in [1.807, 2.05) is 11.1 Å². The maximum Gasteiger partial charge on any atom is -0.00418 e. The van der Waals surface area contributed by atoms with E-state index in [1.165, 1.54) is 76.2 Å². The number of allylic oxidation sites excluding steroid dienone is 5. The first-order chi connectivity index (χ1) is 14.7. The van der Waals surface area contributed by atoms with E-state index in [0.717, 1.165) is 29.6 Å². The molecule has 4 aliphatic rings. The summed E-state index contributed by atoms with van der Waals surface area (Å²) in [7, 11) is 0. The zero-order valence-electron chi connectivity index (χ0n) is 21.6. The van der Waals surface area contributed by atoms with Crippen LogP contribution in [0, 0.1) is 46.3 Å². The fraction of sp³-hybridized carbons (Fsp3) is 0.806. The number of hydrogen-bond donors (Lipinski definition) is 0. The van der Waals surface area contributed by atoms with Crippen LogP contribution in [0.3, 0.4) is 0 Å². The first-order valence-electron chi connectivity index (χ1n) is 13.8. The Morgan fingerprint density at radius 2 is 1.90 bits per heavy atom. The lowest BCUT2D eigenvalue weighted by Gasteiger charge is -2.56. The molecule has 7 unspecified atom stereocenters. The third kappa shape index (κ3) is 3.93. The lowest BCUT2D eigenvalue weighted by molar-refractivity contribution is 0.0384. The Hall–Kier alpha value is -0.780. The molecule has 0 bridgehead atoms. The summed E-state index contributed by atoms with van der Waals surface area (Å²) in [6.45, 7) is 19.2. The second-order valence-electron chi connectivity index (χ2n) is 12.7. The van der Waals surface area contributed by atoms with Crippen LogP contribution in [0.5, 0.6) is 0 Å². The molecule has 0 heterocycles. The molecule has 2 fully saturated rings. The van der Waals surface area contributed by atoms with Crippen LogP contribution in [0.25, 0.3) is 0 Å². The molecular formula is C31H50. The second-order valence-corrected chi connectivity index (χ2v) is 12.7. The van der Waals surface area contributed by atoms with Crippen LogP contribution in [-0.2, 0) is 0 Å². The topological polar surface area (TPSA) is 0 Å². The van der Waals surface area contributed by atoms with Gasteiger partial charge in [0.25, 0.3) is 0 Å². The zero-order valence-corrected chi connectivity index (χ0v) is 21.6. The van der Waals surface area contributed by atoms with E-state index in [9.17, 15) is 0 Å². The van der Waals surface area contributed by atoms with Crippen LogP contribution in [0.1, 0.15) is 112 Å². The van der Waals surface area contributed by atoms with Crippen molar-refractivity contribution in [2.75, 3.05) is 0 Å². The van der Waals surface area contributed by atoms with Gasteiger partial charge in [-0.3, -0.25) is 0 Å². The molecule has 0 aromatic rings. The minimum atomic E-state index is 0.447. The number of hydrogen-bond acceptors (Lipinski definition) is 0. The monoisotopic (exact) mass is 422 g/mol. The van der Waals surface area contributed by atoms with Crippen molar-refractivity contribution in [3.63, 3.8) is 0 Å². The molecule has 4 rings (SSSR count). The Balaban J connectivity index is 1.50. The van der Waals surface area contributed by atoms with Crippen molar-refractivity contribution in [1.82, 2.24) is 0 Å². The van der Waals surface area contributed by atoms with E-state index >= 15 is 0 Å².